The number of nitrogens with zero attached hydrogens (tertiary/aromatic N) is 3. The molecule has 1 aliphatic heterocycles. The minimum Gasteiger partial charge on any atom is -0.494 e. The number of aryl methyl sites for hydroxylation is 2. The maximum atomic E-state index is 12.5. The molecule has 1 aromatic heterocycles. The monoisotopic (exact) mass is 419 g/mol. The number of aromatic nitrogens is 2. The summed E-state index contributed by atoms with van der Waals surface area (Å²) in [4.78, 5) is 19.5. The van der Waals surface area contributed by atoms with Crippen LogP contribution in [0.25, 0.3) is 11.0 Å². The molecule has 0 spiro atoms. The standard InChI is InChI=1S/C26H33N3O2/c1-3-5-15-28-19-21(18-25(28)30)26-27-23-9-6-7-10-24(23)29(26)16-8-17-31-22-13-11-20(4-2)12-14-22/h6-7,9-14,21H,3-5,8,15-19H2,1-2H3/t21-/m1/s1. The number of unbranched alkanes of at least 4 members (excludes halogenated alkanes) is 1. The molecule has 3 aromatic rings. The second-order valence-electron chi connectivity index (χ2n) is 8.40. The highest BCUT2D eigenvalue weighted by Gasteiger charge is 2.33. The third kappa shape index (κ3) is 4.92. The zero-order chi connectivity index (χ0) is 21.6. The Morgan fingerprint density at radius 3 is 2.61 bits per heavy atom. The summed E-state index contributed by atoms with van der Waals surface area (Å²) in [6.45, 7) is 7.45. The Kier molecular flexibility index (Phi) is 6.90. The van der Waals surface area contributed by atoms with Gasteiger partial charge in [-0.3, -0.25) is 4.79 Å². The molecule has 4 rings (SSSR count). The summed E-state index contributed by atoms with van der Waals surface area (Å²) in [6.07, 6.45) is 4.66. The smallest absolute Gasteiger partial charge is 0.223 e. The van der Waals surface area contributed by atoms with Crippen LogP contribution in [0, 0.1) is 0 Å². The second kappa shape index (κ2) is 9.99. The maximum Gasteiger partial charge on any atom is 0.223 e. The maximum absolute atomic E-state index is 12.5. The number of hydrogen-bond acceptors (Lipinski definition) is 3. The van der Waals surface area contributed by atoms with Gasteiger partial charge < -0.3 is 14.2 Å². The normalized spacial score (nSPS) is 16.4. The lowest BCUT2D eigenvalue weighted by atomic mass is 10.1. The van der Waals surface area contributed by atoms with E-state index in [2.05, 4.69) is 48.7 Å². The number of carbonyl (C=O) groups is 1. The number of hydrogen-bond donors (Lipinski definition) is 0. The van der Waals surface area contributed by atoms with E-state index in [0.29, 0.717) is 13.0 Å². The molecule has 1 saturated heterocycles. The van der Waals surface area contributed by atoms with Gasteiger partial charge in [-0.25, -0.2) is 4.98 Å². The van der Waals surface area contributed by atoms with Crippen LogP contribution in [0.15, 0.2) is 48.5 Å². The zero-order valence-electron chi connectivity index (χ0n) is 18.7. The van der Waals surface area contributed by atoms with Gasteiger partial charge in [-0.2, -0.15) is 0 Å². The summed E-state index contributed by atoms with van der Waals surface area (Å²) < 4.78 is 8.27. The van der Waals surface area contributed by atoms with Crippen molar-refractivity contribution in [2.75, 3.05) is 19.7 Å². The van der Waals surface area contributed by atoms with E-state index in [0.717, 1.165) is 67.9 Å². The number of carbonyl (C=O) groups excluding carboxylic acids is 1. The van der Waals surface area contributed by atoms with E-state index < -0.39 is 0 Å². The molecule has 31 heavy (non-hydrogen) atoms. The first-order chi connectivity index (χ1) is 15.2. The van der Waals surface area contributed by atoms with Crippen molar-refractivity contribution in [3.05, 3.63) is 59.9 Å². The van der Waals surface area contributed by atoms with Crippen LogP contribution in [-0.4, -0.2) is 40.1 Å². The Hall–Kier alpha value is -2.82. The Balaban J connectivity index is 1.44. The van der Waals surface area contributed by atoms with E-state index in [1.54, 1.807) is 0 Å². The van der Waals surface area contributed by atoms with E-state index >= 15 is 0 Å². The van der Waals surface area contributed by atoms with Crippen LogP contribution in [-0.2, 0) is 17.8 Å². The van der Waals surface area contributed by atoms with Gasteiger partial charge in [0.15, 0.2) is 0 Å². The van der Waals surface area contributed by atoms with E-state index in [-0.39, 0.29) is 11.8 Å². The molecular formula is C26H33N3O2. The third-order valence-corrected chi connectivity index (χ3v) is 6.17. The van der Waals surface area contributed by atoms with Crippen LogP contribution < -0.4 is 4.74 Å². The summed E-state index contributed by atoms with van der Waals surface area (Å²) in [6, 6.07) is 16.6. The van der Waals surface area contributed by atoms with Crippen molar-refractivity contribution in [3.63, 3.8) is 0 Å². The first kappa shape index (κ1) is 21.4. The topological polar surface area (TPSA) is 47.4 Å². The molecule has 1 aliphatic rings. The van der Waals surface area contributed by atoms with Gasteiger partial charge in [0.25, 0.3) is 0 Å². The summed E-state index contributed by atoms with van der Waals surface area (Å²) in [5, 5.41) is 0. The first-order valence-electron chi connectivity index (χ1n) is 11.6. The summed E-state index contributed by atoms with van der Waals surface area (Å²) >= 11 is 0. The SMILES string of the molecule is CCCCN1C[C@H](c2nc3ccccc3n2CCCOc2ccc(CC)cc2)CC1=O. The Bertz CT molecular complexity index is 1010. The molecule has 2 aromatic carbocycles. The van der Waals surface area contributed by atoms with Crippen molar-refractivity contribution < 1.29 is 9.53 Å². The van der Waals surface area contributed by atoms with Crippen LogP contribution in [0.4, 0.5) is 0 Å². The lowest BCUT2D eigenvalue weighted by Crippen LogP contribution is -2.26. The first-order valence-corrected chi connectivity index (χ1v) is 11.6. The molecule has 0 unspecified atom stereocenters. The Morgan fingerprint density at radius 1 is 1.03 bits per heavy atom. The summed E-state index contributed by atoms with van der Waals surface area (Å²) in [7, 11) is 0. The fourth-order valence-corrected chi connectivity index (χ4v) is 4.39. The van der Waals surface area contributed by atoms with Gasteiger partial charge in [-0.05, 0) is 49.1 Å². The quantitative estimate of drug-likeness (QED) is 0.425. The molecule has 0 bridgehead atoms. The Labute approximate surface area is 185 Å². The van der Waals surface area contributed by atoms with E-state index in [4.69, 9.17) is 9.72 Å². The Morgan fingerprint density at radius 2 is 1.84 bits per heavy atom. The summed E-state index contributed by atoms with van der Waals surface area (Å²) in [5.41, 5.74) is 3.47. The van der Waals surface area contributed by atoms with Crippen molar-refractivity contribution in [1.82, 2.24) is 14.5 Å². The molecule has 2 heterocycles. The highest BCUT2D eigenvalue weighted by atomic mass is 16.5. The van der Waals surface area contributed by atoms with Crippen LogP contribution in [0.5, 0.6) is 5.75 Å². The van der Waals surface area contributed by atoms with Crippen molar-refractivity contribution >= 4 is 16.9 Å². The van der Waals surface area contributed by atoms with E-state index in [1.807, 2.05) is 23.1 Å². The molecule has 0 radical (unpaired) electrons. The van der Waals surface area contributed by atoms with Crippen LogP contribution in [0.3, 0.4) is 0 Å². The highest BCUT2D eigenvalue weighted by Crippen LogP contribution is 2.30. The predicted molar refractivity (Wildman–Crippen MR) is 125 cm³/mol. The van der Waals surface area contributed by atoms with Gasteiger partial charge in [0, 0.05) is 32.0 Å². The minimum absolute atomic E-state index is 0.166. The largest absolute Gasteiger partial charge is 0.494 e. The predicted octanol–water partition coefficient (Wildman–Crippen LogP) is 5.18. The molecule has 1 amide bonds. The summed E-state index contributed by atoms with van der Waals surface area (Å²) in [5.74, 6) is 2.39. The zero-order valence-corrected chi connectivity index (χ0v) is 18.7. The van der Waals surface area contributed by atoms with Crippen molar-refractivity contribution in [2.45, 2.75) is 58.4 Å². The average Bonchev–Trinajstić information content (AvgIpc) is 3.35. The second-order valence-corrected chi connectivity index (χ2v) is 8.40. The van der Waals surface area contributed by atoms with E-state index in [1.165, 1.54) is 5.56 Å². The van der Waals surface area contributed by atoms with Gasteiger partial charge in [0.1, 0.15) is 11.6 Å². The third-order valence-electron chi connectivity index (χ3n) is 6.17. The molecule has 0 saturated carbocycles. The number of likely N-dealkylation sites (tertiary alicyclic amines) is 1. The molecule has 5 nitrogen and oxygen atoms in total. The molecule has 0 N–H and O–H groups in total. The van der Waals surface area contributed by atoms with Gasteiger partial charge in [0.2, 0.25) is 5.91 Å². The molecular weight excluding hydrogens is 386 g/mol. The van der Waals surface area contributed by atoms with Gasteiger partial charge in [-0.15, -0.1) is 0 Å². The van der Waals surface area contributed by atoms with Crippen LogP contribution in [0.1, 0.15) is 56.8 Å². The lowest BCUT2D eigenvalue weighted by molar-refractivity contribution is -0.127. The number of para-hydroxylation sites is 2. The van der Waals surface area contributed by atoms with Gasteiger partial charge >= 0.3 is 0 Å². The van der Waals surface area contributed by atoms with Crippen LogP contribution >= 0.6 is 0 Å². The van der Waals surface area contributed by atoms with Crippen molar-refractivity contribution in [2.24, 2.45) is 0 Å². The fraction of sp³-hybridized carbons (Fsp3) is 0.462. The van der Waals surface area contributed by atoms with Gasteiger partial charge in [0.05, 0.1) is 17.6 Å². The number of benzene rings is 2. The van der Waals surface area contributed by atoms with Crippen LogP contribution in [0.2, 0.25) is 0 Å². The highest BCUT2D eigenvalue weighted by molar-refractivity contribution is 5.80. The minimum atomic E-state index is 0.166. The van der Waals surface area contributed by atoms with E-state index in [9.17, 15) is 4.79 Å². The number of amides is 1. The number of fused-ring (bicyclic) bond motifs is 1. The molecule has 0 aliphatic carbocycles. The van der Waals surface area contributed by atoms with Gasteiger partial charge in [-0.1, -0.05) is 44.5 Å². The molecule has 164 valence electrons. The van der Waals surface area contributed by atoms with Crippen molar-refractivity contribution in [1.29, 1.82) is 0 Å². The molecule has 1 atom stereocenters. The number of rotatable bonds is 10. The number of imidazole rings is 1. The molecule has 5 heteroatoms. The van der Waals surface area contributed by atoms with Crippen molar-refractivity contribution in [3.8, 4) is 5.75 Å². The fourth-order valence-electron chi connectivity index (χ4n) is 4.39. The lowest BCUT2D eigenvalue weighted by Gasteiger charge is -2.17. The molecule has 1 fully saturated rings. The number of ether oxygens (including phenoxy) is 1. The average molecular weight is 420 g/mol.